The molecule has 228 valence electrons. The van der Waals surface area contributed by atoms with E-state index in [2.05, 4.69) is 45.4 Å². The van der Waals surface area contributed by atoms with E-state index in [1.54, 1.807) is 4.68 Å². The molecule has 4 aromatic rings. The summed E-state index contributed by atoms with van der Waals surface area (Å²) < 4.78 is 21.4. The van der Waals surface area contributed by atoms with Crippen LogP contribution in [0.15, 0.2) is 30.5 Å². The lowest BCUT2D eigenvalue weighted by Gasteiger charge is -2.27. The molecule has 0 fully saturated rings. The first kappa shape index (κ1) is 31.2. The van der Waals surface area contributed by atoms with Gasteiger partial charge in [-0.3, -0.25) is 4.68 Å². The summed E-state index contributed by atoms with van der Waals surface area (Å²) in [4.78, 5) is 21.6. The van der Waals surface area contributed by atoms with E-state index in [0.29, 0.717) is 38.6 Å². The van der Waals surface area contributed by atoms with Crippen LogP contribution in [0.2, 0.25) is 0 Å². The van der Waals surface area contributed by atoms with Crippen LogP contribution in [0.25, 0.3) is 21.9 Å². The molecule has 0 bridgehead atoms. The Kier molecular flexibility index (Phi) is 10.00. The molecule has 12 heteroatoms. The van der Waals surface area contributed by atoms with Gasteiger partial charge in [0.15, 0.2) is 5.82 Å². The first-order chi connectivity index (χ1) is 20.0. The van der Waals surface area contributed by atoms with E-state index in [9.17, 15) is 4.79 Å². The second-order valence-corrected chi connectivity index (χ2v) is 11.8. The number of aryl methyl sites for hydroxylation is 1. The number of carbonyl (C=O) groups excluding carboxylic acids is 1. The van der Waals surface area contributed by atoms with Crippen molar-refractivity contribution < 1.29 is 19.0 Å². The Bertz CT molecular complexity index is 1490. The van der Waals surface area contributed by atoms with E-state index in [1.807, 2.05) is 59.1 Å². The van der Waals surface area contributed by atoms with Crippen molar-refractivity contribution in [1.29, 1.82) is 0 Å². The maximum atomic E-state index is 11.9. The third kappa shape index (κ3) is 8.16. The molecule has 42 heavy (non-hydrogen) atoms. The predicted molar refractivity (Wildman–Crippen MR) is 162 cm³/mol. The molecule has 12 nitrogen and oxygen atoms in total. The van der Waals surface area contributed by atoms with Crippen molar-refractivity contribution in [1.82, 2.24) is 34.8 Å². The largest absolute Gasteiger partial charge is 0.444 e. The van der Waals surface area contributed by atoms with Crippen molar-refractivity contribution >= 4 is 33.8 Å². The number of anilines is 1. The summed E-state index contributed by atoms with van der Waals surface area (Å²) in [6, 6.07) is 8.13. The third-order valence-corrected chi connectivity index (χ3v) is 6.55. The van der Waals surface area contributed by atoms with Gasteiger partial charge >= 0.3 is 6.09 Å². The summed E-state index contributed by atoms with van der Waals surface area (Å²) >= 11 is 0. The highest BCUT2D eigenvalue weighted by atomic mass is 16.6. The van der Waals surface area contributed by atoms with Gasteiger partial charge in [-0.1, -0.05) is 23.4 Å². The minimum atomic E-state index is -0.543. The highest BCUT2D eigenvalue weighted by Crippen LogP contribution is 2.31. The number of imidazole rings is 1. The van der Waals surface area contributed by atoms with Crippen molar-refractivity contribution in [3.63, 3.8) is 0 Å². The second-order valence-electron chi connectivity index (χ2n) is 11.8. The predicted octanol–water partition coefficient (Wildman–Crippen LogP) is 5.05. The number of nitrogens with one attached hydrogen (secondary N) is 2. The normalized spacial score (nSPS) is 12.3. The van der Waals surface area contributed by atoms with Crippen molar-refractivity contribution in [2.45, 2.75) is 91.8 Å². The molecule has 0 aliphatic rings. The standard InChI is InChI=1S/C30H44N8O4/c1-8-40-19-24-34-25-26(22-13-9-10-14-23(22)33-27(25)31-7)38(24)20-30(5,6)41-16-12-11-15-37-18-21(35-36-37)17-32-28(39)42-29(2,3)4/h9-10,13-14,18H,8,11-12,15-17,19-20H2,1-7H3,(H,31,33)(H,32,39). The van der Waals surface area contributed by atoms with Crippen LogP contribution in [0.1, 0.15) is 65.9 Å². The second kappa shape index (κ2) is 13.5. The van der Waals surface area contributed by atoms with Crippen molar-refractivity contribution in [2.75, 3.05) is 25.6 Å². The van der Waals surface area contributed by atoms with Gasteiger partial charge in [0, 0.05) is 32.2 Å². The molecular weight excluding hydrogens is 536 g/mol. The maximum absolute atomic E-state index is 11.9. The van der Waals surface area contributed by atoms with Gasteiger partial charge in [0.05, 0.1) is 35.9 Å². The molecule has 0 saturated carbocycles. The molecule has 3 aromatic heterocycles. The van der Waals surface area contributed by atoms with Gasteiger partial charge in [0.1, 0.15) is 29.2 Å². The Morgan fingerprint density at radius 2 is 1.86 bits per heavy atom. The number of unbranched alkanes of at least 4 members (excludes halogenated alkanes) is 1. The number of hydrogen-bond donors (Lipinski definition) is 2. The minimum Gasteiger partial charge on any atom is -0.444 e. The molecule has 0 radical (unpaired) electrons. The molecule has 1 aromatic carbocycles. The molecule has 3 heterocycles. The van der Waals surface area contributed by atoms with Gasteiger partial charge in [-0.15, -0.1) is 5.10 Å². The fourth-order valence-corrected chi connectivity index (χ4v) is 4.69. The van der Waals surface area contributed by atoms with E-state index in [-0.39, 0.29) is 6.54 Å². The van der Waals surface area contributed by atoms with Gasteiger partial charge in [-0.05, 0) is 60.5 Å². The van der Waals surface area contributed by atoms with Crippen LogP contribution in [0.3, 0.4) is 0 Å². The SMILES string of the molecule is CCOCc1nc2c(NC)nc3ccccc3c2n1CC(C)(C)OCCCCn1cc(CNC(=O)OC(C)(C)C)nn1. The molecule has 2 N–H and O–H groups in total. The lowest BCUT2D eigenvalue weighted by atomic mass is 10.1. The number of aromatic nitrogens is 6. The van der Waals surface area contributed by atoms with Crippen LogP contribution < -0.4 is 10.6 Å². The maximum Gasteiger partial charge on any atom is 0.407 e. The Labute approximate surface area is 247 Å². The number of para-hydroxylation sites is 1. The molecule has 0 saturated heterocycles. The van der Waals surface area contributed by atoms with E-state index in [1.165, 1.54) is 0 Å². The number of carbonyl (C=O) groups is 1. The highest BCUT2D eigenvalue weighted by Gasteiger charge is 2.25. The third-order valence-electron chi connectivity index (χ3n) is 6.55. The van der Waals surface area contributed by atoms with Gasteiger partial charge in [0.2, 0.25) is 0 Å². The zero-order valence-corrected chi connectivity index (χ0v) is 25.9. The summed E-state index contributed by atoms with van der Waals surface area (Å²) in [5.74, 6) is 1.59. The number of fused-ring (bicyclic) bond motifs is 3. The number of hydrogen-bond acceptors (Lipinski definition) is 9. The number of amides is 1. The van der Waals surface area contributed by atoms with Crippen LogP contribution in [0.4, 0.5) is 10.6 Å². The van der Waals surface area contributed by atoms with Crippen LogP contribution >= 0.6 is 0 Å². The zero-order chi connectivity index (χ0) is 30.3. The fourth-order valence-electron chi connectivity index (χ4n) is 4.69. The first-order valence-electron chi connectivity index (χ1n) is 14.5. The summed E-state index contributed by atoms with van der Waals surface area (Å²) in [5, 5.41) is 15.3. The monoisotopic (exact) mass is 580 g/mol. The number of alkyl carbamates (subject to hydrolysis) is 1. The van der Waals surface area contributed by atoms with Crippen LogP contribution in [0, 0.1) is 0 Å². The number of nitrogens with zero attached hydrogens (tertiary/aromatic N) is 6. The Hall–Kier alpha value is -3.77. The molecule has 4 rings (SSSR count). The number of rotatable bonds is 14. The van der Waals surface area contributed by atoms with Gasteiger partial charge in [0.25, 0.3) is 0 Å². The summed E-state index contributed by atoms with van der Waals surface area (Å²) in [6.07, 6.45) is 3.11. The van der Waals surface area contributed by atoms with Crippen LogP contribution in [0.5, 0.6) is 0 Å². The van der Waals surface area contributed by atoms with Gasteiger partial charge in [-0.25, -0.2) is 14.8 Å². The smallest absolute Gasteiger partial charge is 0.407 e. The van der Waals surface area contributed by atoms with Crippen LogP contribution in [-0.4, -0.2) is 67.1 Å². The molecule has 1 amide bonds. The zero-order valence-electron chi connectivity index (χ0n) is 25.9. The van der Waals surface area contributed by atoms with E-state index in [0.717, 1.165) is 46.4 Å². The topological polar surface area (TPSA) is 130 Å². The molecular formula is C30H44N8O4. The molecule has 0 spiro atoms. The summed E-state index contributed by atoms with van der Waals surface area (Å²) in [5.41, 5.74) is 2.45. The van der Waals surface area contributed by atoms with Crippen LogP contribution in [-0.2, 0) is 40.5 Å². The van der Waals surface area contributed by atoms with Gasteiger partial charge < -0.3 is 29.4 Å². The number of benzene rings is 1. The molecule has 0 aliphatic carbocycles. The summed E-state index contributed by atoms with van der Waals surface area (Å²) in [7, 11) is 1.87. The highest BCUT2D eigenvalue weighted by molar-refractivity contribution is 6.07. The Morgan fingerprint density at radius 1 is 1.07 bits per heavy atom. The Balaban J connectivity index is 1.35. The quantitative estimate of drug-likeness (QED) is 0.197. The van der Waals surface area contributed by atoms with E-state index >= 15 is 0 Å². The average molecular weight is 581 g/mol. The lowest BCUT2D eigenvalue weighted by Crippen LogP contribution is -2.32. The number of pyridine rings is 1. The average Bonchev–Trinajstić information content (AvgIpc) is 3.53. The molecule has 0 aliphatic heterocycles. The summed E-state index contributed by atoms with van der Waals surface area (Å²) in [6.45, 7) is 14.9. The minimum absolute atomic E-state index is 0.265. The molecule has 0 atom stereocenters. The first-order valence-corrected chi connectivity index (χ1v) is 14.5. The van der Waals surface area contributed by atoms with E-state index in [4.69, 9.17) is 24.2 Å². The van der Waals surface area contributed by atoms with Crippen molar-refractivity contribution in [3.05, 3.63) is 42.0 Å². The fraction of sp³-hybridized carbons (Fsp3) is 0.567. The van der Waals surface area contributed by atoms with Crippen molar-refractivity contribution in [2.24, 2.45) is 0 Å². The Morgan fingerprint density at radius 3 is 2.60 bits per heavy atom. The van der Waals surface area contributed by atoms with E-state index < -0.39 is 17.3 Å². The lowest BCUT2D eigenvalue weighted by molar-refractivity contribution is -0.0317. The number of ether oxygens (including phenoxy) is 3. The van der Waals surface area contributed by atoms with Gasteiger partial charge in [-0.2, -0.15) is 0 Å². The molecule has 0 unspecified atom stereocenters. The van der Waals surface area contributed by atoms with Crippen molar-refractivity contribution in [3.8, 4) is 0 Å².